The van der Waals surface area contributed by atoms with Crippen molar-refractivity contribution in [1.82, 2.24) is 5.32 Å². The molecule has 0 radical (unpaired) electrons. The molecule has 1 heterocycles. The van der Waals surface area contributed by atoms with Gasteiger partial charge in [-0.3, -0.25) is 20.2 Å². The highest BCUT2D eigenvalue weighted by molar-refractivity contribution is 6.02. The molecule has 3 rings (SSSR count). The molecule has 0 bridgehead atoms. The molecule has 20 heavy (non-hydrogen) atoms. The highest BCUT2D eigenvalue weighted by atomic mass is 16.6. The van der Waals surface area contributed by atoms with Crippen LogP contribution in [-0.2, 0) is 0 Å². The largest absolute Gasteiger partial charge is 0.297 e. The van der Waals surface area contributed by atoms with Gasteiger partial charge in [-0.15, -0.1) is 0 Å². The molecule has 0 aromatic heterocycles. The zero-order valence-electron chi connectivity index (χ0n) is 10.5. The van der Waals surface area contributed by atoms with Crippen LogP contribution in [0.3, 0.4) is 0 Å². The van der Waals surface area contributed by atoms with Gasteiger partial charge in [0, 0.05) is 17.7 Å². The van der Waals surface area contributed by atoms with Gasteiger partial charge in [-0.1, -0.05) is 42.5 Å². The summed E-state index contributed by atoms with van der Waals surface area (Å²) in [7, 11) is 0. The number of hydrogen-bond acceptors (Lipinski definition) is 4. The Kier molecular flexibility index (Phi) is 3.04. The van der Waals surface area contributed by atoms with Crippen molar-refractivity contribution in [1.29, 1.82) is 0 Å². The van der Waals surface area contributed by atoms with Crippen LogP contribution in [0.15, 0.2) is 54.6 Å². The predicted molar refractivity (Wildman–Crippen MR) is 73.5 cm³/mol. The first kappa shape index (κ1) is 12.5. The molecule has 0 saturated carbocycles. The Morgan fingerprint density at radius 3 is 2.30 bits per heavy atom. The predicted octanol–water partition coefficient (Wildman–Crippen LogP) is 2.49. The van der Waals surface area contributed by atoms with Crippen molar-refractivity contribution in [3.8, 4) is 0 Å². The van der Waals surface area contributed by atoms with Gasteiger partial charge in [-0.2, -0.15) is 0 Å². The second-order valence-corrected chi connectivity index (χ2v) is 4.70. The number of nitrogens with zero attached hydrogens (tertiary/aromatic N) is 1. The maximum Gasteiger partial charge on any atom is 0.269 e. The van der Waals surface area contributed by atoms with Gasteiger partial charge in [0.25, 0.3) is 5.69 Å². The molecule has 2 aromatic carbocycles. The first-order valence-corrected chi connectivity index (χ1v) is 6.26. The highest BCUT2D eigenvalue weighted by Crippen LogP contribution is 2.32. The van der Waals surface area contributed by atoms with Gasteiger partial charge in [0.2, 0.25) is 0 Å². The number of nitro groups is 1. The van der Waals surface area contributed by atoms with E-state index >= 15 is 0 Å². The summed E-state index contributed by atoms with van der Waals surface area (Å²) in [6.07, 6.45) is 0. The summed E-state index contributed by atoms with van der Waals surface area (Å²) in [5.41, 5.74) is 1.62. The number of Topliss-reactive ketones (excluding diaryl/α,β-unsaturated/α-hetero) is 1. The molecule has 2 atom stereocenters. The van der Waals surface area contributed by atoms with E-state index in [1.54, 1.807) is 24.3 Å². The van der Waals surface area contributed by atoms with Gasteiger partial charge >= 0.3 is 0 Å². The molecule has 0 unspecified atom stereocenters. The molecule has 1 fully saturated rings. The molecule has 1 N–H and O–H groups in total. The van der Waals surface area contributed by atoms with Gasteiger partial charge in [-0.25, -0.2) is 0 Å². The van der Waals surface area contributed by atoms with Crippen molar-refractivity contribution in [3.63, 3.8) is 0 Å². The summed E-state index contributed by atoms with van der Waals surface area (Å²) in [6.45, 7) is 0. The summed E-state index contributed by atoms with van der Waals surface area (Å²) in [5.74, 6) is 0.0500. The molecular weight excluding hydrogens is 256 g/mol. The third-order valence-corrected chi connectivity index (χ3v) is 3.39. The van der Waals surface area contributed by atoms with E-state index in [2.05, 4.69) is 5.32 Å². The summed E-state index contributed by atoms with van der Waals surface area (Å²) >= 11 is 0. The number of nitro benzene ring substituents is 1. The average molecular weight is 268 g/mol. The number of ketones is 1. The lowest BCUT2D eigenvalue weighted by molar-refractivity contribution is -0.384. The second-order valence-electron chi connectivity index (χ2n) is 4.70. The van der Waals surface area contributed by atoms with Crippen LogP contribution < -0.4 is 5.32 Å². The molecule has 1 aliphatic heterocycles. The highest BCUT2D eigenvalue weighted by Gasteiger charge is 2.43. The summed E-state index contributed by atoms with van der Waals surface area (Å²) in [6, 6.07) is 15.1. The zero-order chi connectivity index (χ0) is 14.1. The molecule has 2 aromatic rings. The van der Waals surface area contributed by atoms with Crippen LogP contribution in [0.25, 0.3) is 0 Å². The smallest absolute Gasteiger partial charge is 0.269 e. The SMILES string of the molecule is O=C(c1ccccc1)[C@H]1N[C@@H]1c1ccc([N+](=O)[O-])cc1. The van der Waals surface area contributed by atoms with Gasteiger partial charge in [0.1, 0.15) is 0 Å². The molecule has 0 aliphatic carbocycles. The van der Waals surface area contributed by atoms with Crippen LogP contribution in [0.2, 0.25) is 0 Å². The Labute approximate surface area is 115 Å². The molecule has 1 aliphatic rings. The van der Waals surface area contributed by atoms with Crippen LogP contribution in [-0.4, -0.2) is 16.7 Å². The number of rotatable bonds is 4. The summed E-state index contributed by atoms with van der Waals surface area (Å²) < 4.78 is 0. The first-order valence-electron chi connectivity index (χ1n) is 6.26. The normalized spacial score (nSPS) is 20.4. The lowest BCUT2D eigenvalue weighted by Crippen LogP contribution is -2.09. The lowest BCUT2D eigenvalue weighted by Gasteiger charge is -1.99. The minimum absolute atomic E-state index is 0.0500. The number of carbonyl (C=O) groups excluding carboxylic acids is 1. The minimum atomic E-state index is -0.434. The van der Waals surface area contributed by atoms with Crippen molar-refractivity contribution in [3.05, 3.63) is 75.8 Å². The van der Waals surface area contributed by atoms with Gasteiger partial charge in [0.15, 0.2) is 5.78 Å². The van der Waals surface area contributed by atoms with Crippen LogP contribution in [0.1, 0.15) is 22.0 Å². The van der Waals surface area contributed by atoms with E-state index in [9.17, 15) is 14.9 Å². The number of carbonyl (C=O) groups is 1. The van der Waals surface area contributed by atoms with E-state index in [-0.39, 0.29) is 23.6 Å². The molecule has 5 nitrogen and oxygen atoms in total. The van der Waals surface area contributed by atoms with Crippen molar-refractivity contribution in [2.24, 2.45) is 0 Å². The second kappa shape index (κ2) is 4.86. The van der Waals surface area contributed by atoms with E-state index in [1.807, 2.05) is 18.2 Å². The van der Waals surface area contributed by atoms with E-state index in [0.717, 1.165) is 5.56 Å². The fourth-order valence-electron chi connectivity index (χ4n) is 2.24. The van der Waals surface area contributed by atoms with Gasteiger partial charge in [-0.05, 0) is 5.56 Å². The lowest BCUT2D eigenvalue weighted by atomic mass is 10.0. The fourth-order valence-corrected chi connectivity index (χ4v) is 2.24. The third kappa shape index (κ3) is 2.31. The molecule has 1 saturated heterocycles. The number of benzene rings is 2. The number of nitrogens with one attached hydrogen (secondary N) is 1. The molecule has 0 spiro atoms. The standard InChI is InChI=1S/C15H12N2O3/c18-15(11-4-2-1-3-5-11)14-13(16-14)10-6-8-12(9-7-10)17(19)20/h1-9,13-14,16H/t13-,14+/m1/s1. The van der Waals surface area contributed by atoms with Crippen LogP contribution in [0, 0.1) is 10.1 Å². The maximum absolute atomic E-state index is 12.2. The number of non-ortho nitro benzene ring substituents is 1. The Bertz CT molecular complexity index is 653. The maximum atomic E-state index is 12.2. The van der Waals surface area contributed by atoms with E-state index < -0.39 is 4.92 Å². The third-order valence-electron chi connectivity index (χ3n) is 3.39. The van der Waals surface area contributed by atoms with Crippen molar-refractivity contribution in [2.75, 3.05) is 0 Å². The Morgan fingerprint density at radius 1 is 1.05 bits per heavy atom. The van der Waals surface area contributed by atoms with Crippen LogP contribution >= 0.6 is 0 Å². The van der Waals surface area contributed by atoms with E-state index in [0.29, 0.717) is 5.56 Å². The van der Waals surface area contributed by atoms with Crippen LogP contribution in [0.5, 0.6) is 0 Å². The molecule has 100 valence electrons. The van der Waals surface area contributed by atoms with E-state index in [4.69, 9.17) is 0 Å². The minimum Gasteiger partial charge on any atom is -0.297 e. The van der Waals surface area contributed by atoms with Gasteiger partial charge < -0.3 is 0 Å². The van der Waals surface area contributed by atoms with Crippen molar-refractivity contribution in [2.45, 2.75) is 12.1 Å². The Balaban J connectivity index is 1.73. The van der Waals surface area contributed by atoms with Crippen molar-refractivity contribution >= 4 is 11.5 Å². The topological polar surface area (TPSA) is 82.2 Å². The number of hydrogen-bond donors (Lipinski definition) is 1. The zero-order valence-corrected chi connectivity index (χ0v) is 10.5. The van der Waals surface area contributed by atoms with Crippen molar-refractivity contribution < 1.29 is 9.72 Å². The first-order chi connectivity index (χ1) is 9.66. The quantitative estimate of drug-likeness (QED) is 0.399. The summed E-state index contributed by atoms with van der Waals surface area (Å²) in [5, 5.41) is 13.7. The molecule has 0 amide bonds. The molecular formula is C15H12N2O3. The Morgan fingerprint density at radius 2 is 1.70 bits per heavy atom. The van der Waals surface area contributed by atoms with E-state index in [1.165, 1.54) is 12.1 Å². The van der Waals surface area contributed by atoms with Crippen LogP contribution in [0.4, 0.5) is 5.69 Å². The fraction of sp³-hybridized carbons (Fsp3) is 0.133. The monoisotopic (exact) mass is 268 g/mol. The molecule has 5 heteroatoms. The Hall–Kier alpha value is -2.53. The average Bonchev–Trinajstić information content (AvgIpc) is 3.28. The summed E-state index contributed by atoms with van der Waals surface area (Å²) in [4.78, 5) is 22.4. The van der Waals surface area contributed by atoms with Gasteiger partial charge in [0.05, 0.1) is 17.0 Å².